The van der Waals surface area contributed by atoms with E-state index in [1.807, 2.05) is 31.2 Å². The molecule has 2 heterocycles. The molecule has 1 unspecified atom stereocenters. The van der Waals surface area contributed by atoms with Crippen LogP contribution >= 0.6 is 0 Å². The molecule has 1 fully saturated rings. The molecule has 0 amide bonds. The predicted octanol–water partition coefficient (Wildman–Crippen LogP) is 6.13. The molecule has 0 radical (unpaired) electrons. The van der Waals surface area contributed by atoms with Crippen molar-refractivity contribution < 1.29 is 17.6 Å². The van der Waals surface area contributed by atoms with Gasteiger partial charge in [0, 0.05) is 31.1 Å². The maximum absolute atomic E-state index is 15.3. The minimum absolute atomic E-state index is 0.0580. The van der Waals surface area contributed by atoms with Crippen LogP contribution in [0.2, 0.25) is 0 Å². The second-order valence-electron chi connectivity index (χ2n) is 8.18. The number of aryl methyl sites for hydroxylation is 1. The Morgan fingerprint density at radius 3 is 2.53 bits per heavy atom. The lowest BCUT2D eigenvalue weighted by atomic mass is 10.00. The number of hydrogen-bond acceptors (Lipinski definition) is 4. The van der Waals surface area contributed by atoms with Crippen LogP contribution in [0.1, 0.15) is 48.1 Å². The number of aromatic nitrogens is 2. The molecule has 1 atom stereocenters. The van der Waals surface area contributed by atoms with Gasteiger partial charge in [0.25, 0.3) is 5.92 Å². The molecule has 4 nitrogen and oxygen atoms in total. The Morgan fingerprint density at radius 2 is 1.84 bits per heavy atom. The zero-order chi connectivity index (χ0) is 22.9. The Morgan fingerprint density at radius 1 is 1.09 bits per heavy atom. The minimum atomic E-state index is -3.13. The highest BCUT2D eigenvalue weighted by Crippen LogP contribution is 2.39. The van der Waals surface area contributed by atoms with E-state index in [1.54, 1.807) is 4.90 Å². The summed E-state index contributed by atoms with van der Waals surface area (Å²) in [6.07, 6.45) is 2.53. The number of halogens is 4. The van der Waals surface area contributed by atoms with Gasteiger partial charge in [-0.3, -0.25) is 0 Å². The Hall–Kier alpha value is -3.16. The smallest absolute Gasteiger partial charge is 0.270 e. The van der Waals surface area contributed by atoms with E-state index in [-0.39, 0.29) is 22.8 Å². The number of hydrogen-bond donors (Lipinski definition) is 1. The molecular weight excluding hydrogens is 420 g/mol. The van der Waals surface area contributed by atoms with Crippen LogP contribution in [0.3, 0.4) is 0 Å². The van der Waals surface area contributed by atoms with Gasteiger partial charge in [-0.2, -0.15) is 4.39 Å². The highest BCUT2D eigenvalue weighted by molar-refractivity contribution is 5.53. The number of nitrogens with one attached hydrogen (secondary N) is 1. The van der Waals surface area contributed by atoms with Crippen molar-refractivity contribution in [1.29, 1.82) is 0 Å². The van der Waals surface area contributed by atoms with Gasteiger partial charge >= 0.3 is 0 Å². The molecule has 1 aromatic heterocycles. The van der Waals surface area contributed by atoms with E-state index in [2.05, 4.69) is 15.3 Å². The minimum Gasteiger partial charge on any atom is -0.363 e. The normalized spacial score (nSPS) is 16.4. The second kappa shape index (κ2) is 8.76. The summed E-state index contributed by atoms with van der Waals surface area (Å²) in [5.74, 6) is -4.36. The lowest BCUT2D eigenvalue weighted by molar-refractivity contribution is 0.0171. The Bertz CT molecular complexity index is 1100. The fraction of sp³-hybridized carbons (Fsp3) is 0.333. The third-order valence-corrected chi connectivity index (χ3v) is 5.74. The maximum atomic E-state index is 15.3. The molecule has 168 valence electrons. The average Bonchev–Trinajstić information content (AvgIpc) is 3.23. The monoisotopic (exact) mass is 444 g/mol. The fourth-order valence-corrected chi connectivity index (χ4v) is 3.99. The zero-order valence-electron chi connectivity index (χ0n) is 17.9. The molecule has 8 heteroatoms. The Kier molecular flexibility index (Phi) is 6.04. The fourth-order valence-electron chi connectivity index (χ4n) is 3.99. The third-order valence-electron chi connectivity index (χ3n) is 5.74. The highest BCUT2D eigenvalue weighted by atomic mass is 19.3. The largest absolute Gasteiger partial charge is 0.363 e. The molecule has 32 heavy (non-hydrogen) atoms. The summed E-state index contributed by atoms with van der Waals surface area (Å²) in [5.41, 5.74) is 1.97. The van der Waals surface area contributed by atoms with Crippen LogP contribution < -0.4 is 10.2 Å². The van der Waals surface area contributed by atoms with Gasteiger partial charge in [-0.25, -0.2) is 23.1 Å². The summed E-state index contributed by atoms with van der Waals surface area (Å²) >= 11 is 0. The summed E-state index contributed by atoms with van der Waals surface area (Å²) < 4.78 is 57.1. The number of benzene rings is 2. The summed E-state index contributed by atoms with van der Waals surface area (Å²) in [6, 6.07) is 10.8. The van der Waals surface area contributed by atoms with E-state index >= 15 is 4.39 Å². The second-order valence-corrected chi connectivity index (χ2v) is 8.18. The quantitative estimate of drug-likeness (QED) is 0.465. The lowest BCUT2D eigenvalue weighted by Crippen LogP contribution is -2.26. The Labute approximate surface area is 184 Å². The molecule has 3 aromatic rings. The first-order chi connectivity index (χ1) is 15.2. The van der Waals surface area contributed by atoms with E-state index in [1.165, 1.54) is 18.5 Å². The summed E-state index contributed by atoms with van der Waals surface area (Å²) in [7, 11) is 0. The Balaban J connectivity index is 1.58. The first kappa shape index (κ1) is 22.0. The van der Waals surface area contributed by atoms with Crippen LogP contribution in [-0.4, -0.2) is 16.5 Å². The highest BCUT2D eigenvalue weighted by Gasteiger charge is 2.33. The van der Waals surface area contributed by atoms with Crippen molar-refractivity contribution in [1.82, 2.24) is 9.97 Å². The molecule has 1 N–H and O–H groups in total. The van der Waals surface area contributed by atoms with Gasteiger partial charge < -0.3 is 10.2 Å². The first-order valence-corrected chi connectivity index (χ1v) is 10.5. The number of nitrogens with zero attached hydrogens (tertiary/aromatic N) is 3. The molecular formula is C24H24F4N4. The van der Waals surface area contributed by atoms with Crippen LogP contribution in [-0.2, 0) is 12.5 Å². The topological polar surface area (TPSA) is 41.1 Å². The van der Waals surface area contributed by atoms with E-state index in [0.29, 0.717) is 25.9 Å². The van der Waals surface area contributed by atoms with E-state index in [4.69, 9.17) is 0 Å². The van der Waals surface area contributed by atoms with Gasteiger partial charge in [-0.1, -0.05) is 42.0 Å². The molecule has 0 aliphatic carbocycles. The van der Waals surface area contributed by atoms with Crippen LogP contribution in [0.5, 0.6) is 0 Å². The van der Waals surface area contributed by atoms with Crippen LogP contribution in [0.25, 0.3) is 0 Å². The number of rotatable bonds is 6. The third kappa shape index (κ3) is 4.54. The summed E-state index contributed by atoms with van der Waals surface area (Å²) in [4.78, 5) is 9.80. The molecule has 1 aliphatic rings. The van der Waals surface area contributed by atoms with Gasteiger partial charge in [-0.15, -0.1) is 0 Å². The number of anilines is 2. The van der Waals surface area contributed by atoms with Gasteiger partial charge in [0.05, 0.1) is 6.04 Å². The van der Waals surface area contributed by atoms with E-state index in [0.717, 1.165) is 24.1 Å². The van der Waals surface area contributed by atoms with Crippen LogP contribution in [0.15, 0.2) is 48.8 Å². The maximum Gasteiger partial charge on any atom is 0.270 e. The molecule has 0 spiro atoms. The van der Waals surface area contributed by atoms with Crippen molar-refractivity contribution in [3.8, 4) is 0 Å². The molecule has 0 bridgehead atoms. The molecule has 0 saturated carbocycles. The van der Waals surface area contributed by atoms with Gasteiger partial charge in [-0.05, 0) is 31.4 Å². The standard InChI is InChI=1S/C24H24F4N4/c1-15-5-7-16(8-6-15)13-29-22-21(26)23(31-14-30-22)32-11-3-4-20(32)18-10-9-17(12-19(18)25)24(2,27)28/h5-10,12,14,20H,3-4,11,13H2,1-2H3,(H,29,30,31). The van der Waals surface area contributed by atoms with Crippen molar-refractivity contribution in [2.45, 2.75) is 45.2 Å². The summed E-state index contributed by atoms with van der Waals surface area (Å²) in [5, 5.41) is 2.99. The SMILES string of the molecule is Cc1ccc(CNc2ncnc(N3CCCC3c3ccc(C(C)(F)F)cc3F)c2F)cc1. The molecule has 2 aromatic carbocycles. The average molecular weight is 444 g/mol. The van der Waals surface area contributed by atoms with Crippen molar-refractivity contribution >= 4 is 11.6 Å². The van der Waals surface area contributed by atoms with E-state index in [9.17, 15) is 13.2 Å². The van der Waals surface area contributed by atoms with Crippen molar-refractivity contribution in [2.24, 2.45) is 0 Å². The molecule has 4 rings (SSSR count). The van der Waals surface area contributed by atoms with Gasteiger partial charge in [0.15, 0.2) is 11.6 Å². The van der Waals surface area contributed by atoms with Crippen molar-refractivity contribution in [2.75, 3.05) is 16.8 Å². The van der Waals surface area contributed by atoms with E-state index < -0.39 is 23.6 Å². The van der Waals surface area contributed by atoms with Gasteiger partial charge in [0.2, 0.25) is 5.82 Å². The zero-order valence-corrected chi connectivity index (χ0v) is 17.9. The lowest BCUT2D eigenvalue weighted by Gasteiger charge is -2.27. The number of alkyl halides is 2. The van der Waals surface area contributed by atoms with Crippen LogP contribution in [0, 0.1) is 18.6 Å². The summed E-state index contributed by atoms with van der Waals surface area (Å²) in [6.45, 7) is 3.58. The van der Waals surface area contributed by atoms with Gasteiger partial charge in [0.1, 0.15) is 12.1 Å². The molecule has 1 aliphatic heterocycles. The molecule has 1 saturated heterocycles. The van der Waals surface area contributed by atoms with Crippen molar-refractivity contribution in [3.05, 3.63) is 82.7 Å². The predicted molar refractivity (Wildman–Crippen MR) is 116 cm³/mol. The van der Waals surface area contributed by atoms with Crippen molar-refractivity contribution in [3.63, 3.8) is 0 Å². The van der Waals surface area contributed by atoms with Crippen LogP contribution in [0.4, 0.5) is 29.2 Å². The first-order valence-electron chi connectivity index (χ1n) is 10.5.